The lowest BCUT2D eigenvalue weighted by atomic mass is 9.95. The first-order chi connectivity index (χ1) is 14.0. The highest BCUT2D eigenvalue weighted by Gasteiger charge is 2.39. The Morgan fingerprint density at radius 1 is 1.10 bits per heavy atom. The van der Waals surface area contributed by atoms with E-state index in [0.29, 0.717) is 17.2 Å². The van der Waals surface area contributed by atoms with Gasteiger partial charge in [0.2, 0.25) is 5.91 Å². The van der Waals surface area contributed by atoms with Crippen molar-refractivity contribution in [1.82, 2.24) is 10.4 Å². The van der Waals surface area contributed by atoms with Crippen LogP contribution in [0.25, 0.3) is 10.8 Å². The second-order valence-electron chi connectivity index (χ2n) is 8.07. The standard InChI is InChI=1S/C21H24N2O6S/c1-5-13(2)18(24)22-21(3,4)12-30(27,28)29-23-19(25)15-10-6-8-14-9-7-11-16(17(14)15)20(23)26/h6-11,13H,5,12H2,1-4H3,(H,22,24). The van der Waals surface area contributed by atoms with E-state index < -0.39 is 33.2 Å². The van der Waals surface area contributed by atoms with Crippen LogP contribution < -0.4 is 5.32 Å². The molecule has 3 amide bonds. The van der Waals surface area contributed by atoms with Crippen molar-refractivity contribution < 1.29 is 27.1 Å². The van der Waals surface area contributed by atoms with Gasteiger partial charge in [-0.25, -0.2) is 0 Å². The third kappa shape index (κ3) is 4.22. The summed E-state index contributed by atoms with van der Waals surface area (Å²) in [5.74, 6) is -2.90. The van der Waals surface area contributed by atoms with E-state index in [1.165, 1.54) is 26.0 Å². The molecule has 1 N–H and O–H groups in total. The zero-order valence-electron chi connectivity index (χ0n) is 17.3. The maximum absolute atomic E-state index is 12.8. The fourth-order valence-corrected chi connectivity index (χ4v) is 4.71. The highest BCUT2D eigenvalue weighted by Crippen LogP contribution is 2.30. The number of benzene rings is 2. The number of carbonyl (C=O) groups is 3. The Morgan fingerprint density at radius 3 is 2.13 bits per heavy atom. The lowest BCUT2D eigenvalue weighted by Gasteiger charge is -2.29. The highest BCUT2D eigenvalue weighted by molar-refractivity contribution is 7.86. The number of amides is 3. The van der Waals surface area contributed by atoms with Crippen molar-refractivity contribution in [3.8, 4) is 0 Å². The molecule has 160 valence electrons. The van der Waals surface area contributed by atoms with Gasteiger partial charge >= 0.3 is 0 Å². The van der Waals surface area contributed by atoms with Crippen LogP contribution in [0.3, 0.4) is 0 Å². The second kappa shape index (κ2) is 7.81. The highest BCUT2D eigenvalue weighted by atomic mass is 32.2. The van der Waals surface area contributed by atoms with E-state index in [9.17, 15) is 22.8 Å². The summed E-state index contributed by atoms with van der Waals surface area (Å²) in [4.78, 5) is 37.8. The molecule has 3 rings (SSSR count). The molecule has 1 atom stereocenters. The van der Waals surface area contributed by atoms with Gasteiger partial charge in [-0.05, 0) is 37.8 Å². The van der Waals surface area contributed by atoms with Crippen molar-refractivity contribution in [2.75, 3.05) is 5.75 Å². The molecular weight excluding hydrogens is 408 g/mol. The summed E-state index contributed by atoms with van der Waals surface area (Å²) < 4.78 is 30.3. The Hall–Kier alpha value is -2.78. The molecule has 0 saturated carbocycles. The van der Waals surface area contributed by atoms with Gasteiger partial charge in [-0.3, -0.25) is 14.4 Å². The molecule has 1 heterocycles. The summed E-state index contributed by atoms with van der Waals surface area (Å²) in [6, 6.07) is 9.85. The molecule has 2 aromatic carbocycles. The molecule has 0 radical (unpaired) electrons. The summed E-state index contributed by atoms with van der Waals surface area (Å²) in [7, 11) is -4.38. The zero-order chi connectivity index (χ0) is 22.3. The molecular formula is C21H24N2O6S. The van der Waals surface area contributed by atoms with Crippen LogP contribution >= 0.6 is 0 Å². The van der Waals surface area contributed by atoms with Crippen LogP contribution in [0.5, 0.6) is 0 Å². The third-order valence-electron chi connectivity index (χ3n) is 4.98. The van der Waals surface area contributed by atoms with Crippen LogP contribution in [-0.4, -0.2) is 42.5 Å². The molecule has 0 spiro atoms. The van der Waals surface area contributed by atoms with Crippen LogP contribution in [0.15, 0.2) is 36.4 Å². The summed E-state index contributed by atoms with van der Waals surface area (Å²) in [5, 5.41) is 4.11. The first-order valence-corrected chi connectivity index (χ1v) is 11.2. The maximum atomic E-state index is 12.8. The number of rotatable bonds is 7. The molecule has 1 unspecified atom stereocenters. The molecule has 0 bridgehead atoms. The van der Waals surface area contributed by atoms with Crippen LogP contribution in [-0.2, 0) is 19.2 Å². The minimum absolute atomic E-state index is 0.183. The fourth-order valence-electron chi connectivity index (χ4n) is 3.34. The van der Waals surface area contributed by atoms with E-state index in [4.69, 9.17) is 4.28 Å². The van der Waals surface area contributed by atoms with E-state index in [1.54, 1.807) is 31.2 Å². The van der Waals surface area contributed by atoms with Crippen molar-refractivity contribution in [2.45, 2.75) is 39.7 Å². The molecule has 1 aliphatic heterocycles. The summed E-state index contributed by atoms with van der Waals surface area (Å²) in [6.07, 6.45) is 0.604. The summed E-state index contributed by atoms with van der Waals surface area (Å²) in [5.41, 5.74) is -0.802. The average molecular weight is 432 g/mol. The van der Waals surface area contributed by atoms with Gasteiger partial charge < -0.3 is 5.32 Å². The quantitative estimate of drug-likeness (QED) is 0.674. The Labute approximate surface area is 175 Å². The number of nitrogens with zero attached hydrogens (tertiary/aromatic N) is 1. The third-order valence-corrected chi connectivity index (χ3v) is 6.43. The number of hydrogen-bond donors (Lipinski definition) is 1. The van der Waals surface area contributed by atoms with Crippen LogP contribution in [0, 0.1) is 5.92 Å². The first-order valence-electron chi connectivity index (χ1n) is 9.60. The monoisotopic (exact) mass is 432 g/mol. The lowest BCUT2D eigenvalue weighted by molar-refractivity contribution is -0.126. The largest absolute Gasteiger partial charge is 0.350 e. The first kappa shape index (κ1) is 21.9. The van der Waals surface area contributed by atoms with Gasteiger partial charge in [0.15, 0.2) is 0 Å². The predicted octanol–water partition coefficient (Wildman–Crippen LogP) is 2.64. The second-order valence-corrected chi connectivity index (χ2v) is 9.63. The molecule has 30 heavy (non-hydrogen) atoms. The number of hydrogen-bond acceptors (Lipinski definition) is 6. The molecule has 0 saturated heterocycles. The Bertz CT molecular complexity index is 1090. The molecule has 0 aliphatic carbocycles. The van der Waals surface area contributed by atoms with E-state index >= 15 is 0 Å². The maximum Gasteiger partial charge on any atom is 0.290 e. The Kier molecular flexibility index (Phi) is 5.70. The van der Waals surface area contributed by atoms with E-state index in [1.807, 2.05) is 6.92 Å². The number of nitrogens with one attached hydrogen (secondary N) is 1. The van der Waals surface area contributed by atoms with E-state index in [2.05, 4.69) is 5.32 Å². The summed E-state index contributed by atoms with van der Waals surface area (Å²) in [6.45, 7) is 6.65. The van der Waals surface area contributed by atoms with Gasteiger partial charge in [-0.15, -0.1) is 9.35 Å². The van der Waals surface area contributed by atoms with Crippen LogP contribution in [0.4, 0.5) is 0 Å². The minimum Gasteiger partial charge on any atom is -0.350 e. The van der Waals surface area contributed by atoms with Crippen LogP contribution in [0.2, 0.25) is 0 Å². The van der Waals surface area contributed by atoms with Crippen molar-refractivity contribution in [3.05, 3.63) is 47.5 Å². The van der Waals surface area contributed by atoms with Crippen molar-refractivity contribution in [1.29, 1.82) is 0 Å². The average Bonchev–Trinajstić information content (AvgIpc) is 2.67. The molecule has 0 aromatic heterocycles. The van der Waals surface area contributed by atoms with Crippen molar-refractivity contribution >= 4 is 38.6 Å². The smallest absolute Gasteiger partial charge is 0.290 e. The van der Waals surface area contributed by atoms with E-state index in [-0.39, 0.29) is 28.0 Å². The SMILES string of the molecule is CCC(C)C(=O)NC(C)(C)CS(=O)(=O)ON1C(=O)c2cccc3cccc(c23)C1=O. The van der Waals surface area contributed by atoms with Gasteiger partial charge in [-0.1, -0.05) is 38.1 Å². The number of carbonyl (C=O) groups excluding carboxylic acids is 3. The molecule has 8 nitrogen and oxygen atoms in total. The summed E-state index contributed by atoms with van der Waals surface area (Å²) >= 11 is 0. The number of imide groups is 1. The molecule has 1 aliphatic rings. The minimum atomic E-state index is -4.38. The van der Waals surface area contributed by atoms with E-state index in [0.717, 1.165) is 0 Å². The Morgan fingerprint density at radius 2 is 1.63 bits per heavy atom. The normalized spacial score (nSPS) is 15.4. The molecule has 0 fully saturated rings. The number of hydroxylamine groups is 2. The van der Waals surface area contributed by atoms with Gasteiger partial charge in [-0.2, -0.15) is 8.42 Å². The lowest BCUT2D eigenvalue weighted by Crippen LogP contribution is -2.51. The van der Waals surface area contributed by atoms with Crippen molar-refractivity contribution in [2.24, 2.45) is 5.92 Å². The topological polar surface area (TPSA) is 110 Å². The molecule has 2 aromatic rings. The van der Waals surface area contributed by atoms with Gasteiger partial charge in [0, 0.05) is 11.3 Å². The van der Waals surface area contributed by atoms with Gasteiger partial charge in [0.1, 0.15) is 5.75 Å². The molecule has 9 heteroatoms. The van der Waals surface area contributed by atoms with Gasteiger partial charge in [0.25, 0.3) is 21.9 Å². The Balaban J connectivity index is 1.84. The zero-order valence-corrected chi connectivity index (χ0v) is 18.1. The predicted molar refractivity (Wildman–Crippen MR) is 111 cm³/mol. The van der Waals surface area contributed by atoms with Crippen LogP contribution in [0.1, 0.15) is 54.8 Å². The fraction of sp³-hybridized carbons (Fsp3) is 0.381. The van der Waals surface area contributed by atoms with Crippen molar-refractivity contribution in [3.63, 3.8) is 0 Å². The van der Waals surface area contributed by atoms with Gasteiger partial charge in [0.05, 0.1) is 16.7 Å².